The van der Waals surface area contributed by atoms with Gasteiger partial charge in [-0.2, -0.15) is 5.10 Å². The second kappa shape index (κ2) is 5.29. The van der Waals surface area contributed by atoms with Crippen LogP contribution in [0.25, 0.3) is 0 Å². The summed E-state index contributed by atoms with van der Waals surface area (Å²) in [6, 6.07) is 0. The average Bonchev–Trinajstić information content (AvgIpc) is 2.53. The van der Waals surface area contributed by atoms with E-state index in [0.717, 1.165) is 0 Å². The van der Waals surface area contributed by atoms with Crippen LogP contribution in [0.3, 0.4) is 0 Å². The van der Waals surface area contributed by atoms with Crippen LogP contribution in [0.1, 0.15) is 20.3 Å². The number of carbonyl (C=O) groups excluding carboxylic acids is 1. The minimum atomic E-state index is -1.55. The first-order valence-corrected chi connectivity index (χ1v) is 5.22. The number of nitrogens with zero attached hydrogens (tertiary/aromatic N) is 2. The third-order valence-corrected chi connectivity index (χ3v) is 2.37. The second-order valence-electron chi connectivity index (χ2n) is 3.54. The van der Waals surface area contributed by atoms with Crippen LogP contribution in [0, 0.1) is 0 Å². The van der Waals surface area contributed by atoms with Crippen LogP contribution >= 0.6 is 0 Å². The molecule has 0 fully saturated rings. The van der Waals surface area contributed by atoms with Gasteiger partial charge < -0.3 is 10.4 Å². The van der Waals surface area contributed by atoms with Gasteiger partial charge in [0.05, 0.1) is 0 Å². The van der Waals surface area contributed by atoms with Gasteiger partial charge in [0, 0.05) is 19.3 Å². The van der Waals surface area contributed by atoms with Gasteiger partial charge in [0.1, 0.15) is 0 Å². The van der Waals surface area contributed by atoms with E-state index in [1.54, 1.807) is 25.2 Å². The number of amides is 1. The molecule has 0 aromatic heterocycles. The fourth-order valence-corrected chi connectivity index (χ4v) is 1.52. The maximum Gasteiger partial charge on any atom is 0.352 e. The minimum Gasteiger partial charge on any atom is -0.478 e. The number of rotatable bonds is 4. The normalized spacial score (nSPS) is 17.4. The van der Waals surface area contributed by atoms with E-state index in [1.165, 1.54) is 24.3 Å². The van der Waals surface area contributed by atoms with E-state index in [0.29, 0.717) is 0 Å². The maximum absolute atomic E-state index is 11.4. The molecular formula is C11H15N3O3. The molecule has 17 heavy (non-hydrogen) atoms. The number of hydrogen-bond acceptors (Lipinski definition) is 4. The Labute approximate surface area is 99.3 Å². The lowest BCUT2D eigenvalue weighted by Gasteiger charge is -2.35. The Kier molecular flexibility index (Phi) is 4.03. The number of carboxylic acids is 1. The zero-order valence-corrected chi connectivity index (χ0v) is 9.75. The van der Waals surface area contributed by atoms with Gasteiger partial charge >= 0.3 is 5.97 Å². The molecule has 0 saturated heterocycles. The molecule has 0 aromatic rings. The Morgan fingerprint density at radius 2 is 2.12 bits per heavy atom. The van der Waals surface area contributed by atoms with Gasteiger partial charge in [-0.25, -0.2) is 9.80 Å². The number of carboxylic acid groups (broad SMARTS) is 1. The second-order valence-corrected chi connectivity index (χ2v) is 3.54. The van der Waals surface area contributed by atoms with Crippen molar-refractivity contribution in [3.8, 4) is 0 Å². The molecule has 92 valence electrons. The molecule has 0 bridgehead atoms. The summed E-state index contributed by atoms with van der Waals surface area (Å²) in [4.78, 5) is 22.6. The van der Waals surface area contributed by atoms with Crippen LogP contribution < -0.4 is 5.32 Å². The summed E-state index contributed by atoms with van der Waals surface area (Å²) in [6.45, 7) is 2.95. The first kappa shape index (κ1) is 13.0. The monoisotopic (exact) mass is 237 g/mol. The Morgan fingerprint density at radius 1 is 1.41 bits per heavy atom. The fraction of sp³-hybridized carbons (Fsp3) is 0.364. The quantitative estimate of drug-likeness (QED) is 0.753. The summed E-state index contributed by atoms with van der Waals surface area (Å²) in [5, 5.41) is 17.0. The number of hydrazone groups is 1. The molecule has 1 atom stereocenters. The van der Waals surface area contributed by atoms with Gasteiger partial charge in [0.25, 0.3) is 0 Å². The molecule has 1 amide bonds. The van der Waals surface area contributed by atoms with Gasteiger partial charge in [-0.1, -0.05) is 13.0 Å². The maximum atomic E-state index is 11.4. The summed E-state index contributed by atoms with van der Waals surface area (Å²) in [6.07, 6.45) is 8.21. The van der Waals surface area contributed by atoms with Gasteiger partial charge in [-0.15, -0.1) is 0 Å². The molecule has 1 rings (SSSR count). The number of carbonyl (C=O) groups is 2. The zero-order chi connectivity index (χ0) is 12.9. The van der Waals surface area contributed by atoms with E-state index >= 15 is 0 Å². The van der Waals surface area contributed by atoms with Gasteiger partial charge in [0.2, 0.25) is 11.6 Å². The van der Waals surface area contributed by atoms with Crippen LogP contribution in [0.4, 0.5) is 0 Å². The van der Waals surface area contributed by atoms with Crippen molar-refractivity contribution < 1.29 is 14.7 Å². The standard InChI is InChI=1S/C11H15N3O3/c1-3-11(10(16)17,13-9(2)15)14-8-6-4-5-7-12-14/h4-8H,3H2,1-2H3,(H,13,15)(H,16,17). The SMILES string of the molecule is CCC(NC(C)=O)(C(=O)O)N1C=CC=CC=N1. The van der Waals surface area contributed by atoms with Crippen LogP contribution in [-0.2, 0) is 9.59 Å². The predicted molar refractivity (Wildman–Crippen MR) is 63.1 cm³/mol. The lowest BCUT2D eigenvalue weighted by Crippen LogP contribution is -2.61. The third kappa shape index (κ3) is 2.72. The minimum absolute atomic E-state index is 0.184. The van der Waals surface area contributed by atoms with E-state index in [4.69, 9.17) is 0 Å². The summed E-state index contributed by atoms with van der Waals surface area (Å²) in [5.74, 6) is -1.58. The molecule has 0 aromatic carbocycles. The highest BCUT2D eigenvalue weighted by Crippen LogP contribution is 2.19. The van der Waals surface area contributed by atoms with Crippen molar-refractivity contribution in [2.45, 2.75) is 25.9 Å². The Bertz CT molecular complexity index is 385. The van der Waals surface area contributed by atoms with Crippen molar-refractivity contribution in [3.05, 3.63) is 24.4 Å². The molecule has 0 radical (unpaired) electrons. The molecule has 0 aliphatic carbocycles. The molecule has 6 nitrogen and oxygen atoms in total. The van der Waals surface area contributed by atoms with E-state index in [1.807, 2.05) is 0 Å². The molecule has 2 N–H and O–H groups in total. The van der Waals surface area contributed by atoms with Crippen molar-refractivity contribution >= 4 is 18.1 Å². The van der Waals surface area contributed by atoms with E-state index in [9.17, 15) is 14.7 Å². The van der Waals surface area contributed by atoms with Crippen LogP contribution in [-0.4, -0.2) is 33.9 Å². The molecular weight excluding hydrogens is 222 g/mol. The first-order valence-electron chi connectivity index (χ1n) is 5.22. The highest BCUT2D eigenvalue weighted by atomic mass is 16.4. The molecule has 1 unspecified atom stereocenters. The smallest absolute Gasteiger partial charge is 0.352 e. The average molecular weight is 237 g/mol. The Balaban J connectivity index is 3.12. The van der Waals surface area contributed by atoms with E-state index in [2.05, 4.69) is 10.4 Å². The summed E-state index contributed by atoms with van der Waals surface area (Å²) in [7, 11) is 0. The summed E-state index contributed by atoms with van der Waals surface area (Å²) >= 11 is 0. The van der Waals surface area contributed by atoms with Crippen LogP contribution in [0.15, 0.2) is 29.5 Å². The molecule has 1 heterocycles. The van der Waals surface area contributed by atoms with E-state index in [-0.39, 0.29) is 6.42 Å². The largest absolute Gasteiger partial charge is 0.478 e. The van der Waals surface area contributed by atoms with Crippen molar-refractivity contribution in [3.63, 3.8) is 0 Å². The lowest BCUT2D eigenvalue weighted by atomic mass is 10.1. The molecule has 6 heteroatoms. The highest BCUT2D eigenvalue weighted by Gasteiger charge is 2.43. The number of hydrogen-bond donors (Lipinski definition) is 2. The number of nitrogens with one attached hydrogen (secondary N) is 1. The fourth-order valence-electron chi connectivity index (χ4n) is 1.52. The molecule has 0 saturated carbocycles. The molecule has 1 aliphatic heterocycles. The molecule has 1 aliphatic rings. The van der Waals surface area contributed by atoms with Crippen LogP contribution in [0.5, 0.6) is 0 Å². The van der Waals surface area contributed by atoms with E-state index < -0.39 is 17.5 Å². The van der Waals surface area contributed by atoms with Gasteiger partial charge in [0.15, 0.2) is 0 Å². The summed E-state index contributed by atoms with van der Waals surface area (Å²) in [5.41, 5.74) is -1.55. The van der Waals surface area contributed by atoms with Gasteiger partial charge in [-0.3, -0.25) is 4.79 Å². The van der Waals surface area contributed by atoms with Crippen molar-refractivity contribution in [2.75, 3.05) is 0 Å². The lowest BCUT2D eigenvalue weighted by molar-refractivity contribution is -0.155. The Hall–Kier alpha value is -2.11. The van der Waals surface area contributed by atoms with Crippen molar-refractivity contribution in [2.24, 2.45) is 5.10 Å². The van der Waals surface area contributed by atoms with Crippen LogP contribution in [0.2, 0.25) is 0 Å². The highest BCUT2D eigenvalue weighted by molar-refractivity contribution is 5.86. The summed E-state index contributed by atoms with van der Waals surface area (Å²) < 4.78 is 0. The topological polar surface area (TPSA) is 82.0 Å². The van der Waals surface area contributed by atoms with Crippen molar-refractivity contribution in [1.29, 1.82) is 0 Å². The first-order chi connectivity index (χ1) is 8.03. The zero-order valence-electron chi connectivity index (χ0n) is 9.75. The van der Waals surface area contributed by atoms with Crippen molar-refractivity contribution in [1.82, 2.24) is 10.3 Å². The number of allylic oxidation sites excluding steroid dienone is 3. The predicted octanol–water partition coefficient (Wildman–Crippen LogP) is 0.685. The Morgan fingerprint density at radius 3 is 2.65 bits per heavy atom. The third-order valence-electron chi connectivity index (χ3n) is 2.37. The molecule has 0 spiro atoms. The number of aliphatic carboxylic acids is 1. The van der Waals surface area contributed by atoms with Gasteiger partial charge in [-0.05, 0) is 18.6 Å².